The summed E-state index contributed by atoms with van der Waals surface area (Å²) >= 11 is 0. The van der Waals surface area contributed by atoms with E-state index in [9.17, 15) is 0 Å². The molecule has 3 N–H and O–H groups in total. The largest absolute Gasteiger partial charge is 0.367 e. The maximum absolute atomic E-state index is 5.75. The van der Waals surface area contributed by atoms with E-state index in [-0.39, 0.29) is 0 Å². The minimum Gasteiger partial charge on any atom is -0.367 e. The van der Waals surface area contributed by atoms with E-state index in [1.165, 1.54) is 5.39 Å². The summed E-state index contributed by atoms with van der Waals surface area (Å²) in [6.07, 6.45) is 2.10. The van der Waals surface area contributed by atoms with Gasteiger partial charge in [0.1, 0.15) is 5.82 Å². The molecule has 0 aliphatic heterocycles. The molecule has 1 aromatic carbocycles. The molecule has 0 radical (unpaired) electrons. The van der Waals surface area contributed by atoms with Gasteiger partial charge in [0.25, 0.3) is 0 Å². The first kappa shape index (κ1) is 9.60. The maximum atomic E-state index is 5.75. The summed E-state index contributed by atoms with van der Waals surface area (Å²) in [5.74, 6) is 0.954. The Morgan fingerprint density at radius 1 is 1.12 bits per heavy atom. The Kier molecular flexibility index (Phi) is 2.26. The summed E-state index contributed by atoms with van der Waals surface area (Å²) in [7, 11) is 0. The molecule has 1 aliphatic carbocycles. The van der Waals surface area contributed by atoms with Gasteiger partial charge in [-0.15, -0.1) is 0 Å². The lowest BCUT2D eigenvalue weighted by atomic mass is 9.88. The molecule has 3 nitrogen and oxygen atoms in total. The lowest BCUT2D eigenvalue weighted by Crippen LogP contribution is -2.44. The Hall–Kier alpha value is -1.61. The second-order valence-electron chi connectivity index (χ2n) is 4.46. The molecule has 2 aromatic rings. The molecule has 1 heterocycles. The Bertz CT molecular complexity index is 503. The second-order valence-corrected chi connectivity index (χ2v) is 4.46. The van der Waals surface area contributed by atoms with Crippen molar-refractivity contribution < 1.29 is 0 Å². The highest BCUT2D eigenvalue weighted by atomic mass is 15.0. The van der Waals surface area contributed by atoms with Gasteiger partial charge in [-0.3, -0.25) is 0 Å². The molecule has 0 unspecified atom stereocenters. The van der Waals surface area contributed by atoms with Gasteiger partial charge in [0.05, 0.1) is 5.52 Å². The summed E-state index contributed by atoms with van der Waals surface area (Å²) < 4.78 is 0. The number of nitrogens with two attached hydrogens (primary N) is 1. The van der Waals surface area contributed by atoms with Crippen LogP contribution in [-0.4, -0.2) is 17.1 Å². The van der Waals surface area contributed by atoms with Crippen LogP contribution in [0.2, 0.25) is 0 Å². The third kappa shape index (κ3) is 1.74. The molecule has 1 fully saturated rings. The Morgan fingerprint density at radius 2 is 1.94 bits per heavy atom. The van der Waals surface area contributed by atoms with Crippen molar-refractivity contribution in [1.29, 1.82) is 0 Å². The minimum absolute atomic E-state index is 0.373. The van der Waals surface area contributed by atoms with Crippen LogP contribution >= 0.6 is 0 Å². The molecule has 1 saturated carbocycles. The monoisotopic (exact) mass is 213 g/mol. The average Bonchev–Trinajstić information content (AvgIpc) is 2.27. The number of aromatic nitrogens is 1. The van der Waals surface area contributed by atoms with Crippen LogP contribution in [0.3, 0.4) is 0 Å². The van der Waals surface area contributed by atoms with E-state index >= 15 is 0 Å². The van der Waals surface area contributed by atoms with E-state index in [4.69, 9.17) is 5.73 Å². The van der Waals surface area contributed by atoms with Gasteiger partial charge in [-0.05, 0) is 31.0 Å². The fourth-order valence-electron chi connectivity index (χ4n) is 2.14. The highest BCUT2D eigenvalue weighted by Crippen LogP contribution is 2.22. The molecule has 0 bridgehead atoms. The Labute approximate surface area is 94.7 Å². The Morgan fingerprint density at radius 3 is 2.75 bits per heavy atom. The first-order valence-electron chi connectivity index (χ1n) is 5.69. The van der Waals surface area contributed by atoms with Crippen molar-refractivity contribution >= 4 is 16.7 Å². The molecular weight excluding hydrogens is 198 g/mol. The van der Waals surface area contributed by atoms with Crippen LogP contribution in [0.25, 0.3) is 10.9 Å². The van der Waals surface area contributed by atoms with Crippen LogP contribution in [0.1, 0.15) is 12.8 Å². The molecule has 0 atom stereocenters. The number of anilines is 1. The number of nitrogens with zero attached hydrogens (tertiary/aromatic N) is 1. The van der Waals surface area contributed by atoms with E-state index in [0.29, 0.717) is 12.1 Å². The van der Waals surface area contributed by atoms with Gasteiger partial charge in [-0.2, -0.15) is 0 Å². The fourth-order valence-corrected chi connectivity index (χ4v) is 2.14. The predicted molar refractivity (Wildman–Crippen MR) is 66.4 cm³/mol. The molecule has 0 amide bonds. The van der Waals surface area contributed by atoms with Crippen molar-refractivity contribution in [3.63, 3.8) is 0 Å². The molecule has 3 heteroatoms. The predicted octanol–water partition coefficient (Wildman–Crippen LogP) is 2.14. The number of hydrogen-bond donors (Lipinski definition) is 2. The third-order valence-corrected chi connectivity index (χ3v) is 3.12. The summed E-state index contributed by atoms with van der Waals surface area (Å²) in [4.78, 5) is 4.57. The van der Waals surface area contributed by atoms with Crippen molar-refractivity contribution in [2.75, 3.05) is 5.32 Å². The van der Waals surface area contributed by atoms with E-state index < -0.39 is 0 Å². The van der Waals surface area contributed by atoms with Crippen LogP contribution in [0.4, 0.5) is 5.82 Å². The fraction of sp³-hybridized carbons (Fsp3) is 0.308. The van der Waals surface area contributed by atoms with Gasteiger partial charge in [0.15, 0.2) is 0 Å². The number of hydrogen-bond acceptors (Lipinski definition) is 3. The second kappa shape index (κ2) is 3.76. The molecule has 1 aliphatic rings. The maximum Gasteiger partial charge on any atom is 0.126 e. The van der Waals surface area contributed by atoms with Crippen molar-refractivity contribution in [3.8, 4) is 0 Å². The van der Waals surface area contributed by atoms with Crippen molar-refractivity contribution in [2.24, 2.45) is 5.73 Å². The number of pyridine rings is 1. The number of benzene rings is 1. The number of fused-ring (bicyclic) bond motifs is 1. The van der Waals surface area contributed by atoms with Gasteiger partial charge in [-0.1, -0.05) is 18.2 Å². The zero-order chi connectivity index (χ0) is 11.0. The van der Waals surface area contributed by atoms with Crippen LogP contribution in [0, 0.1) is 0 Å². The average molecular weight is 213 g/mol. The summed E-state index contributed by atoms with van der Waals surface area (Å²) in [5.41, 5.74) is 6.79. The van der Waals surface area contributed by atoms with Crippen LogP contribution < -0.4 is 11.1 Å². The molecule has 0 saturated heterocycles. The Balaban J connectivity index is 1.82. The number of rotatable bonds is 2. The molecule has 3 rings (SSSR count). The van der Waals surface area contributed by atoms with Crippen LogP contribution in [0.15, 0.2) is 36.4 Å². The van der Waals surface area contributed by atoms with E-state index in [0.717, 1.165) is 24.2 Å². The SMILES string of the molecule is NC1CC(Nc2ccc3ccccc3n2)C1. The van der Waals surface area contributed by atoms with Gasteiger partial charge < -0.3 is 11.1 Å². The first-order valence-corrected chi connectivity index (χ1v) is 5.69. The molecule has 0 spiro atoms. The summed E-state index contributed by atoms with van der Waals surface area (Å²) in [6.45, 7) is 0. The van der Waals surface area contributed by atoms with Gasteiger partial charge in [-0.25, -0.2) is 4.98 Å². The minimum atomic E-state index is 0.373. The number of nitrogens with one attached hydrogen (secondary N) is 1. The van der Waals surface area contributed by atoms with Crippen LogP contribution in [-0.2, 0) is 0 Å². The van der Waals surface area contributed by atoms with Gasteiger partial charge >= 0.3 is 0 Å². The standard InChI is InChI=1S/C13H15N3/c14-10-7-11(8-10)15-13-6-5-9-3-1-2-4-12(9)16-13/h1-6,10-11H,7-8,14H2,(H,15,16). The molecule has 82 valence electrons. The normalized spacial score (nSPS) is 24.1. The van der Waals surface area contributed by atoms with Crippen molar-refractivity contribution in [2.45, 2.75) is 24.9 Å². The van der Waals surface area contributed by atoms with Crippen molar-refractivity contribution in [1.82, 2.24) is 4.98 Å². The molecular formula is C13H15N3. The van der Waals surface area contributed by atoms with E-state index in [2.05, 4.69) is 22.4 Å². The summed E-state index contributed by atoms with van der Waals surface area (Å²) in [5, 5.41) is 4.59. The van der Waals surface area contributed by atoms with E-state index in [1.54, 1.807) is 0 Å². The first-order chi connectivity index (χ1) is 7.81. The zero-order valence-corrected chi connectivity index (χ0v) is 9.06. The number of para-hydroxylation sites is 1. The molecule has 16 heavy (non-hydrogen) atoms. The lowest BCUT2D eigenvalue weighted by molar-refractivity contribution is 0.373. The van der Waals surface area contributed by atoms with Crippen LogP contribution in [0.5, 0.6) is 0 Å². The van der Waals surface area contributed by atoms with Crippen molar-refractivity contribution in [3.05, 3.63) is 36.4 Å². The topological polar surface area (TPSA) is 50.9 Å². The zero-order valence-electron chi connectivity index (χ0n) is 9.06. The van der Waals surface area contributed by atoms with Gasteiger partial charge in [0, 0.05) is 17.5 Å². The highest BCUT2D eigenvalue weighted by Gasteiger charge is 2.25. The van der Waals surface area contributed by atoms with E-state index in [1.807, 2.05) is 24.3 Å². The van der Waals surface area contributed by atoms with Gasteiger partial charge in [0.2, 0.25) is 0 Å². The third-order valence-electron chi connectivity index (χ3n) is 3.12. The summed E-state index contributed by atoms with van der Waals surface area (Å²) in [6, 6.07) is 13.2. The lowest BCUT2D eigenvalue weighted by Gasteiger charge is -2.33. The smallest absolute Gasteiger partial charge is 0.126 e. The highest BCUT2D eigenvalue weighted by molar-refractivity contribution is 5.80. The molecule has 1 aromatic heterocycles. The quantitative estimate of drug-likeness (QED) is 0.803.